The minimum absolute atomic E-state index is 0.152. The Morgan fingerprint density at radius 1 is 1.09 bits per heavy atom. The second-order valence-electron chi connectivity index (χ2n) is 13.1. The van der Waals surface area contributed by atoms with Gasteiger partial charge in [-0.3, -0.25) is 9.88 Å². The van der Waals surface area contributed by atoms with E-state index in [0.717, 1.165) is 95.3 Å². The van der Waals surface area contributed by atoms with Crippen LogP contribution in [0.1, 0.15) is 43.4 Å². The van der Waals surface area contributed by atoms with Crippen molar-refractivity contribution in [2.24, 2.45) is 0 Å². The molecule has 2 unspecified atom stereocenters. The van der Waals surface area contributed by atoms with Crippen molar-refractivity contribution in [1.29, 1.82) is 0 Å². The molecule has 224 valence electrons. The fourth-order valence-electron chi connectivity index (χ4n) is 8.25. The predicted molar refractivity (Wildman–Crippen MR) is 167 cm³/mol. The zero-order chi connectivity index (χ0) is 29.5. The lowest BCUT2D eigenvalue weighted by Crippen LogP contribution is -2.51. The molecule has 4 aliphatic heterocycles. The summed E-state index contributed by atoms with van der Waals surface area (Å²) in [5.41, 5.74) is 10.7. The number of anilines is 2. The number of aromatic nitrogens is 3. The highest BCUT2D eigenvalue weighted by atomic mass is 19.1. The molecule has 2 aromatic carbocycles. The number of nitrogens with two attached hydrogens (primary N) is 1. The first-order valence-corrected chi connectivity index (χ1v) is 15.5. The number of hydrogen-bond donors (Lipinski definition) is 3. The summed E-state index contributed by atoms with van der Waals surface area (Å²) in [7, 11) is 0. The van der Waals surface area contributed by atoms with Crippen LogP contribution >= 0.6 is 0 Å². The van der Waals surface area contributed by atoms with Crippen LogP contribution in [0.15, 0.2) is 30.3 Å². The van der Waals surface area contributed by atoms with Crippen LogP contribution in [-0.4, -0.2) is 81.5 Å². The third-order valence-electron chi connectivity index (χ3n) is 10.2. The smallest absolute Gasteiger partial charge is 0.319 e. The molecule has 43 heavy (non-hydrogen) atoms. The quantitative estimate of drug-likeness (QED) is 0.289. The van der Waals surface area contributed by atoms with E-state index >= 15 is 0 Å². The Balaban J connectivity index is 1.29. The van der Waals surface area contributed by atoms with Gasteiger partial charge in [0, 0.05) is 60.3 Å². The van der Waals surface area contributed by atoms with Crippen LogP contribution in [0.2, 0.25) is 0 Å². The van der Waals surface area contributed by atoms with Gasteiger partial charge in [-0.15, -0.1) is 0 Å². The van der Waals surface area contributed by atoms with Gasteiger partial charge >= 0.3 is 6.01 Å². The van der Waals surface area contributed by atoms with E-state index in [4.69, 9.17) is 25.4 Å². The van der Waals surface area contributed by atoms with Gasteiger partial charge in [-0.25, -0.2) is 4.39 Å². The SMILES string of the molecule is Cc1c(-c2cc(O)cc3cccc(N)c23)nc(C)c2c(N3CC4CCC(C3)N4)nc(OC[C@@]34CCCN3C[C@H](F)C4)nc12. The van der Waals surface area contributed by atoms with Crippen molar-refractivity contribution < 1.29 is 14.2 Å². The lowest BCUT2D eigenvalue weighted by molar-refractivity contribution is 0.107. The first-order valence-electron chi connectivity index (χ1n) is 15.5. The molecule has 9 nitrogen and oxygen atoms in total. The number of alkyl halides is 1. The Bertz CT molecular complexity index is 1750. The molecular formula is C33H38FN7O2. The van der Waals surface area contributed by atoms with Crippen molar-refractivity contribution in [3.8, 4) is 23.0 Å². The van der Waals surface area contributed by atoms with Crippen molar-refractivity contribution in [3.63, 3.8) is 0 Å². The van der Waals surface area contributed by atoms with E-state index in [1.165, 1.54) is 0 Å². The summed E-state index contributed by atoms with van der Waals surface area (Å²) in [6, 6.07) is 10.3. The maximum Gasteiger partial charge on any atom is 0.319 e. The van der Waals surface area contributed by atoms with Crippen molar-refractivity contribution >= 4 is 33.2 Å². The van der Waals surface area contributed by atoms with E-state index in [9.17, 15) is 9.50 Å². The molecule has 8 rings (SSSR count). The number of fused-ring (bicyclic) bond motifs is 5. The molecule has 0 aliphatic carbocycles. The minimum Gasteiger partial charge on any atom is -0.508 e. The fourth-order valence-corrected chi connectivity index (χ4v) is 8.25. The van der Waals surface area contributed by atoms with E-state index in [0.29, 0.717) is 43.4 Å². The Morgan fingerprint density at radius 2 is 1.91 bits per heavy atom. The van der Waals surface area contributed by atoms with E-state index < -0.39 is 6.17 Å². The van der Waals surface area contributed by atoms with Gasteiger partial charge < -0.3 is 25.8 Å². The predicted octanol–water partition coefficient (Wildman–Crippen LogP) is 4.65. The molecule has 0 radical (unpaired) electrons. The number of halogens is 1. The maximum absolute atomic E-state index is 14.5. The number of benzene rings is 2. The van der Waals surface area contributed by atoms with Crippen LogP contribution < -0.4 is 20.7 Å². The highest BCUT2D eigenvalue weighted by Gasteiger charge is 2.49. The number of pyridine rings is 1. The third-order valence-corrected chi connectivity index (χ3v) is 10.2. The van der Waals surface area contributed by atoms with Crippen LogP contribution in [0.25, 0.3) is 32.9 Å². The number of piperazine rings is 1. The molecule has 10 heteroatoms. The number of phenols is 1. The van der Waals surface area contributed by atoms with Crippen molar-refractivity contribution in [2.75, 3.05) is 43.4 Å². The van der Waals surface area contributed by atoms with Crippen LogP contribution in [0, 0.1) is 13.8 Å². The van der Waals surface area contributed by atoms with Gasteiger partial charge in [-0.05, 0) is 69.7 Å². The molecule has 4 atom stereocenters. The molecule has 4 aliphatic rings. The Morgan fingerprint density at radius 3 is 2.72 bits per heavy atom. The molecule has 6 heterocycles. The minimum atomic E-state index is -0.823. The molecule has 0 amide bonds. The summed E-state index contributed by atoms with van der Waals surface area (Å²) in [6.45, 7) is 7.49. The fraction of sp³-hybridized carbons (Fsp3) is 0.485. The zero-order valence-electron chi connectivity index (χ0n) is 24.7. The molecule has 4 N–H and O–H groups in total. The molecule has 4 fully saturated rings. The Hall–Kier alpha value is -3.76. The van der Waals surface area contributed by atoms with Gasteiger partial charge in [0.15, 0.2) is 0 Å². The number of ether oxygens (including phenoxy) is 1. The standard InChI is InChI=1S/C33H38FN7O2/c1-18-29(25-12-24(42)11-20-5-3-6-26(35)28(20)25)36-19(2)27-30(18)38-32(39-31(27)40-15-22-7-8-23(16-40)37-22)43-17-33-9-4-10-41(33)14-21(34)13-33/h3,5-6,11-12,21-23,37,42H,4,7-10,13-17,35H2,1-2H3/t21-,22?,23?,33+/m1/s1. The summed E-state index contributed by atoms with van der Waals surface area (Å²) in [5, 5.41) is 17.0. The maximum atomic E-state index is 14.5. The lowest BCUT2D eigenvalue weighted by Gasteiger charge is -2.35. The summed E-state index contributed by atoms with van der Waals surface area (Å²) < 4.78 is 21.0. The van der Waals surface area contributed by atoms with Crippen LogP contribution in [0.3, 0.4) is 0 Å². The highest BCUT2D eigenvalue weighted by molar-refractivity contribution is 6.07. The van der Waals surface area contributed by atoms with Gasteiger partial charge in [0.25, 0.3) is 0 Å². The number of phenolic OH excluding ortho intramolecular Hbond substituents is 1. The molecule has 4 saturated heterocycles. The summed E-state index contributed by atoms with van der Waals surface area (Å²) >= 11 is 0. The number of nitrogen functional groups attached to an aromatic ring is 1. The van der Waals surface area contributed by atoms with E-state index in [1.54, 1.807) is 12.1 Å². The monoisotopic (exact) mass is 583 g/mol. The number of hydrogen-bond acceptors (Lipinski definition) is 9. The highest BCUT2D eigenvalue weighted by Crippen LogP contribution is 2.43. The summed E-state index contributed by atoms with van der Waals surface area (Å²) in [5.74, 6) is 0.993. The van der Waals surface area contributed by atoms with E-state index in [2.05, 4.69) is 15.1 Å². The largest absolute Gasteiger partial charge is 0.508 e. The molecule has 0 saturated carbocycles. The summed E-state index contributed by atoms with van der Waals surface area (Å²) in [6.07, 6.45) is 3.96. The van der Waals surface area contributed by atoms with Crippen LogP contribution in [0.5, 0.6) is 11.8 Å². The van der Waals surface area contributed by atoms with Gasteiger partial charge in [0.2, 0.25) is 0 Å². The first-order chi connectivity index (χ1) is 20.8. The van der Waals surface area contributed by atoms with Crippen molar-refractivity contribution in [2.45, 2.75) is 69.7 Å². The normalized spacial score (nSPS) is 27.0. The van der Waals surface area contributed by atoms with Crippen molar-refractivity contribution in [1.82, 2.24) is 25.2 Å². The number of aryl methyl sites for hydroxylation is 2. The number of nitrogens with zero attached hydrogens (tertiary/aromatic N) is 5. The Kier molecular flexibility index (Phi) is 6.17. The number of rotatable bonds is 5. The van der Waals surface area contributed by atoms with Crippen molar-refractivity contribution in [3.05, 3.63) is 41.6 Å². The Labute approximate surface area is 250 Å². The molecule has 4 aromatic rings. The molecular weight excluding hydrogens is 545 g/mol. The van der Waals surface area contributed by atoms with Gasteiger partial charge in [0.1, 0.15) is 24.3 Å². The van der Waals surface area contributed by atoms with Gasteiger partial charge in [-0.1, -0.05) is 12.1 Å². The number of aromatic hydroxyl groups is 1. The second kappa shape index (κ2) is 9.89. The average Bonchev–Trinajstić information content (AvgIpc) is 3.63. The molecule has 2 aromatic heterocycles. The average molecular weight is 584 g/mol. The summed E-state index contributed by atoms with van der Waals surface area (Å²) in [4.78, 5) is 19.8. The third kappa shape index (κ3) is 4.37. The zero-order valence-corrected chi connectivity index (χ0v) is 24.7. The van der Waals surface area contributed by atoms with Crippen LogP contribution in [0.4, 0.5) is 15.9 Å². The van der Waals surface area contributed by atoms with E-state index in [1.807, 2.05) is 32.0 Å². The topological polar surface area (TPSA) is 113 Å². The second-order valence-corrected chi connectivity index (χ2v) is 13.1. The molecule has 2 bridgehead atoms. The van der Waals surface area contributed by atoms with E-state index in [-0.39, 0.29) is 11.3 Å². The van der Waals surface area contributed by atoms with Gasteiger partial charge in [-0.2, -0.15) is 9.97 Å². The first kappa shape index (κ1) is 26.8. The van der Waals surface area contributed by atoms with Crippen LogP contribution in [-0.2, 0) is 0 Å². The van der Waals surface area contributed by atoms with Gasteiger partial charge in [0.05, 0.1) is 27.8 Å². The molecule has 0 spiro atoms. The number of nitrogens with one attached hydrogen (secondary N) is 1. The lowest BCUT2D eigenvalue weighted by atomic mass is 9.95.